The van der Waals surface area contributed by atoms with Crippen molar-refractivity contribution in [3.8, 4) is 0 Å². The molecule has 1 aliphatic rings. The molecule has 134 valence electrons. The van der Waals surface area contributed by atoms with E-state index in [1.54, 1.807) is 0 Å². The highest BCUT2D eigenvalue weighted by atomic mass is 35.5. The Hall–Kier alpha value is -1.31. The molecule has 8 heteroatoms. The first kappa shape index (κ1) is 18.5. The van der Waals surface area contributed by atoms with Crippen LogP contribution in [0.25, 0.3) is 0 Å². The van der Waals surface area contributed by atoms with Crippen molar-refractivity contribution < 1.29 is 4.79 Å². The number of amides is 1. The van der Waals surface area contributed by atoms with Crippen molar-refractivity contribution in [3.05, 3.63) is 29.3 Å². The van der Waals surface area contributed by atoms with Crippen molar-refractivity contribution in [2.45, 2.75) is 43.0 Å². The predicted octanol–water partition coefficient (Wildman–Crippen LogP) is 4.72. The van der Waals surface area contributed by atoms with Gasteiger partial charge in [-0.25, -0.2) is 0 Å². The molecule has 1 fully saturated rings. The van der Waals surface area contributed by atoms with Gasteiger partial charge in [-0.15, -0.1) is 10.2 Å². The first-order chi connectivity index (χ1) is 12.1. The first-order valence-corrected chi connectivity index (χ1v) is 10.6. The molecular weight excluding hydrogens is 376 g/mol. The summed E-state index contributed by atoms with van der Waals surface area (Å²) in [4.78, 5) is 12.2. The Kier molecular flexibility index (Phi) is 6.56. The van der Waals surface area contributed by atoms with E-state index in [1.807, 2.05) is 24.3 Å². The molecule has 0 unspecified atom stereocenters. The van der Waals surface area contributed by atoms with Gasteiger partial charge in [0, 0.05) is 16.8 Å². The van der Waals surface area contributed by atoms with Gasteiger partial charge >= 0.3 is 0 Å². The van der Waals surface area contributed by atoms with Crippen molar-refractivity contribution >= 4 is 51.4 Å². The van der Waals surface area contributed by atoms with Crippen molar-refractivity contribution in [1.82, 2.24) is 15.5 Å². The topological polar surface area (TPSA) is 66.9 Å². The molecule has 0 saturated heterocycles. The summed E-state index contributed by atoms with van der Waals surface area (Å²) in [5.41, 5.74) is 0.865. The Morgan fingerprint density at radius 3 is 3.00 bits per heavy atom. The molecule has 1 aliphatic carbocycles. The van der Waals surface area contributed by atoms with E-state index in [-0.39, 0.29) is 5.91 Å². The zero-order valence-electron chi connectivity index (χ0n) is 14.0. The number of hydrogen-bond acceptors (Lipinski definition) is 6. The summed E-state index contributed by atoms with van der Waals surface area (Å²) in [7, 11) is 0. The Labute approximate surface area is 161 Å². The number of thioether (sulfide) groups is 1. The Balaban J connectivity index is 1.47. The number of hydrogen-bond donors (Lipinski definition) is 2. The number of carbonyl (C=O) groups excluding carboxylic acids is 1. The number of anilines is 2. The van der Waals surface area contributed by atoms with E-state index >= 15 is 0 Å². The van der Waals surface area contributed by atoms with Crippen molar-refractivity contribution in [2.24, 2.45) is 5.92 Å². The van der Waals surface area contributed by atoms with E-state index in [0.717, 1.165) is 16.4 Å². The van der Waals surface area contributed by atoms with Crippen molar-refractivity contribution in [1.29, 1.82) is 0 Å². The van der Waals surface area contributed by atoms with Crippen LogP contribution in [0.5, 0.6) is 0 Å². The van der Waals surface area contributed by atoms with Gasteiger partial charge in [-0.1, -0.05) is 60.5 Å². The summed E-state index contributed by atoms with van der Waals surface area (Å²) in [6.45, 7) is 2.22. The fourth-order valence-corrected chi connectivity index (χ4v) is 4.69. The van der Waals surface area contributed by atoms with Gasteiger partial charge in [0.05, 0.1) is 5.75 Å². The van der Waals surface area contributed by atoms with Crippen LogP contribution >= 0.6 is 34.7 Å². The fraction of sp³-hybridized carbons (Fsp3) is 0.471. The van der Waals surface area contributed by atoms with Crippen LogP contribution in [0, 0.1) is 5.92 Å². The number of halogens is 1. The lowest BCUT2D eigenvalue weighted by atomic mass is 9.86. The van der Waals surface area contributed by atoms with Crippen molar-refractivity contribution in [2.75, 3.05) is 11.1 Å². The maximum atomic E-state index is 12.2. The molecule has 0 spiro atoms. The summed E-state index contributed by atoms with van der Waals surface area (Å²) in [6, 6.07) is 7.75. The second-order valence-electron chi connectivity index (χ2n) is 6.23. The predicted molar refractivity (Wildman–Crippen MR) is 105 cm³/mol. The van der Waals surface area contributed by atoms with Crippen LogP contribution in [-0.2, 0) is 4.79 Å². The molecule has 1 saturated carbocycles. The lowest BCUT2D eigenvalue weighted by Crippen LogP contribution is -2.41. The van der Waals surface area contributed by atoms with Crippen molar-refractivity contribution in [3.63, 3.8) is 0 Å². The van der Waals surface area contributed by atoms with Gasteiger partial charge in [0.2, 0.25) is 11.0 Å². The third-order valence-corrected chi connectivity index (χ3v) is 6.47. The number of nitrogens with zero attached hydrogens (tertiary/aromatic N) is 2. The van der Waals surface area contributed by atoms with Gasteiger partial charge in [-0.05, 0) is 37.0 Å². The Morgan fingerprint density at radius 2 is 2.20 bits per heavy atom. The van der Waals surface area contributed by atoms with Gasteiger partial charge in [0.15, 0.2) is 4.34 Å². The quantitative estimate of drug-likeness (QED) is 0.691. The highest BCUT2D eigenvalue weighted by Crippen LogP contribution is 2.29. The van der Waals surface area contributed by atoms with Gasteiger partial charge in [-0.3, -0.25) is 4.79 Å². The summed E-state index contributed by atoms with van der Waals surface area (Å²) < 4.78 is 0.774. The molecule has 2 aromatic rings. The lowest BCUT2D eigenvalue weighted by Gasteiger charge is -2.29. The summed E-state index contributed by atoms with van der Waals surface area (Å²) >= 11 is 8.82. The van der Waals surface area contributed by atoms with E-state index in [9.17, 15) is 4.79 Å². The number of carbonyl (C=O) groups is 1. The molecule has 1 amide bonds. The third-order valence-electron chi connectivity index (χ3n) is 4.27. The van der Waals surface area contributed by atoms with Crippen LogP contribution in [0.1, 0.15) is 32.6 Å². The molecule has 5 nitrogen and oxygen atoms in total. The zero-order chi connectivity index (χ0) is 17.6. The highest BCUT2D eigenvalue weighted by molar-refractivity contribution is 8.01. The van der Waals surface area contributed by atoms with E-state index in [4.69, 9.17) is 11.6 Å². The van der Waals surface area contributed by atoms with Crippen LogP contribution < -0.4 is 10.6 Å². The standard InChI is InChI=1S/C17H21ClN4OS2/c1-11-5-2-3-8-14(11)20-15(23)10-24-17-22-21-16(25-17)19-13-7-4-6-12(18)9-13/h4,6-7,9,11,14H,2-3,5,8,10H2,1H3,(H,19,21)(H,20,23)/t11-,14+/m1/s1. The fourth-order valence-electron chi connectivity index (χ4n) is 2.91. The number of aromatic nitrogens is 2. The smallest absolute Gasteiger partial charge is 0.230 e. The number of nitrogens with one attached hydrogen (secondary N) is 2. The maximum Gasteiger partial charge on any atom is 0.230 e. The maximum absolute atomic E-state index is 12.2. The lowest BCUT2D eigenvalue weighted by molar-refractivity contribution is -0.119. The SMILES string of the molecule is C[C@@H]1CCCC[C@@H]1NC(=O)CSc1nnc(Nc2cccc(Cl)c2)s1. The average Bonchev–Trinajstić information content (AvgIpc) is 3.03. The summed E-state index contributed by atoms with van der Waals surface area (Å²) in [5.74, 6) is 1.01. The molecule has 1 aromatic heterocycles. The Bertz CT molecular complexity index is 724. The Morgan fingerprint density at radius 1 is 1.36 bits per heavy atom. The molecule has 2 atom stereocenters. The molecule has 3 rings (SSSR count). The molecule has 1 aromatic carbocycles. The minimum absolute atomic E-state index is 0.0725. The van der Waals surface area contributed by atoms with E-state index in [2.05, 4.69) is 27.8 Å². The molecule has 0 radical (unpaired) electrons. The molecular formula is C17H21ClN4OS2. The molecule has 25 heavy (non-hydrogen) atoms. The minimum atomic E-state index is 0.0725. The minimum Gasteiger partial charge on any atom is -0.352 e. The molecule has 1 heterocycles. The van der Waals surface area contributed by atoms with Crippen LogP contribution in [-0.4, -0.2) is 27.9 Å². The van der Waals surface area contributed by atoms with Gasteiger partial charge in [-0.2, -0.15) is 0 Å². The van der Waals surface area contributed by atoms with Crippen LogP contribution in [0.4, 0.5) is 10.8 Å². The van der Waals surface area contributed by atoms with Crippen LogP contribution in [0.2, 0.25) is 5.02 Å². The molecule has 0 aliphatic heterocycles. The van der Waals surface area contributed by atoms with Crippen LogP contribution in [0.3, 0.4) is 0 Å². The normalized spacial score (nSPS) is 20.2. The average molecular weight is 397 g/mol. The molecule has 2 N–H and O–H groups in total. The van der Waals surface area contributed by atoms with E-state index in [0.29, 0.717) is 27.9 Å². The number of rotatable bonds is 6. The highest BCUT2D eigenvalue weighted by Gasteiger charge is 2.22. The second kappa shape index (κ2) is 8.87. The summed E-state index contributed by atoms with van der Waals surface area (Å²) in [5, 5.41) is 15.9. The van der Waals surface area contributed by atoms with Crippen LogP contribution in [0.15, 0.2) is 28.6 Å². The van der Waals surface area contributed by atoms with E-state index in [1.165, 1.54) is 42.4 Å². The second-order valence-corrected chi connectivity index (χ2v) is 8.87. The largest absolute Gasteiger partial charge is 0.352 e. The van der Waals surface area contributed by atoms with Gasteiger partial charge in [0.1, 0.15) is 0 Å². The first-order valence-electron chi connectivity index (χ1n) is 8.38. The van der Waals surface area contributed by atoms with Gasteiger partial charge in [0.25, 0.3) is 0 Å². The third kappa shape index (κ3) is 5.59. The molecule has 0 bridgehead atoms. The monoisotopic (exact) mass is 396 g/mol. The van der Waals surface area contributed by atoms with Gasteiger partial charge < -0.3 is 10.6 Å². The summed E-state index contributed by atoms with van der Waals surface area (Å²) in [6.07, 6.45) is 4.77. The zero-order valence-corrected chi connectivity index (χ0v) is 16.4. The van der Waals surface area contributed by atoms with E-state index < -0.39 is 0 Å². The number of benzene rings is 1.